The monoisotopic (exact) mass is 388 g/mol. The minimum absolute atomic E-state index is 0.0372. The average molecular weight is 388 g/mol. The summed E-state index contributed by atoms with van der Waals surface area (Å²) < 4.78 is 10.1. The van der Waals surface area contributed by atoms with Gasteiger partial charge in [0.2, 0.25) is 0 Å². The molecule has 9 nitrogen and oxygen atoms in total. The number of esters is 1. The van der Waals surface area contributed by atoms with Crippen LogP contribution < -0.4 is 0 Å². The number of nitrogens with zero attached hydrogens (tertiary/aromatic N) is 2. The Morgan fingerprint density at radius 2 is 1.96 bits per heavy atom. The number of amides is 2. The van der Waals surface area contributed by atoms with Crippen molar-refractivity contribution in [1.82, 2.24) is 4.90 Å². The summed E-state index contributed by atoms with van der Waals surface area (Å²) in [7, 11) is 1.17. The van der Waals surface area contributed by atoms with E-state index in [0.717, 1.165) is 4.90 Å². The van der Waals surface area contributed by atoms with Crippen molar-refractivity contribution in [2.24, 2.45) is 0 Å². The van der Waals surface area contributed by atoms with Crippen molar-refractivity contribution in [3.8, 4) is 11.3 Å². The fourth-order valence-corrected chi connectivity index (χ4v) is 3.11. The van der Waals surface area contributed by atoms with Crippen molar-refractivity contribution in [3.63, 3.8) is 0 Å². The number of hydrogen-bond donors (Lipinski definition) is 0. The Morgan fingerprint density at radius 1 is 1.26 bits per heavy atom. The lowest BCUT2D eigenvalue weighted by Crippen LogP contribution is -2.34. The predicted octanol–water partition coefficient (Wildman–Crippen LogP) is 3.06. The summed E-state index contributed by atoms with van der Waals surface area (Å²) in [5, 5.41) is 10.1. The Bertz CT molecular complexity index is 962. The normalized spacial score (nSPS) is 15.4. The van der Waals surface area contributed by atoms with E-state index in [1.165, 1.54) is 25.3 Å². The van der Waals surface area contributed by atoms with Crippen molar-refractivity contribution < 1.29 is 28.5 Å². The van der Waals surface area contributed by atoms with Gasteiger partial charge in [0.1, 0.15) is 18.1 Å². The molecule has 0 bridgehead atoms. The standard InChI is InChI=1S/C17H12N2O7S/c1-25-15(20)9-18-16(21)14(27-17(18)22)8-12-6-7-13(26-12)10-2-4-11(5-3-10)19(23)24/h2-8H,9H2,1H3/b14-8-. The third-order valence-corrected chi connectivity index (χ3v) is 4.56. The van der Waals surface area contributed by atoms with Crippen molar-refractivity contribution >= 4 is 40.6 Å². The number of benzene rings is 1. The zero-order chi connectivity index (χ0) is 19.6. The number of nitro benzene ring substituents is 1. The van der Waals surface area contributed by atoms with Gasteiger partial charge in [0, 0.05) is 23.8 Å². The van der Waals surface area contributed by atoms with Crippen LogP contribution in [0.1, 0.15) is 5.76 Å². The van der Waals surface area contributed by atoms with Crippen LogP contribution in [0.15, 0.2) is 45.7 Å². The molecule has 0 unspecified atom stereocenters. The van der Waals surface area contributed by atoms with E-state index in [9.17, 15) is 24.5 Å². The maximum atomic E-state index is 12.3. The van der Waals surface area contributed by atoms with Gasteiger partial charge in [0.25, 0.3) is 16.8 Å². The number of nitro groups is 1. The molecule has 2 aromatic rings. The zero-order valence-electron chi connectivity index (χ0n) is 13.9. The molecule has 2 amide bonds. The molecule has 1 fully saturated rings. The number of carbonyl (C=O) groups is 3. The molecular weight excluding hydrogens is 376 g/mol. The summed E-state index contributed by atoms with van der Waals surface area (Å²) in [6, 6.07) is 9.05. The first-order valence-corrected chi connectivity index (χ1v) is 8.37. The molecule has 10 heteroatoms. The average Bonchev–Trinajstić information content (AvgIpc) is 3.22. The van der Waals surface area contributed by atoms with Crippen LogP contribution in [0.4, 0.5) is 10.5 Å². The molecule has 27 heavy (non-hydrogen) atoms. The fourth-order valence-electron chi connectivity index (χ4n) is 2.29. The second-order valence-corrected chi connectivity index (χ2v) is 6.34. The van der Waals surface area contributed by atoms with Gasteiger partial charge in [0.15, 0.2) is 0 Å². The molecule has 0 spiro atoms. The van der Waals surface area contributed by atoms with E-state index < -0.39 is 28.6 Å². The summed E-state index contributed by atoms with van der Waals surface area (Å²) in [5.41, 5.74) is 0.587. The fraction of sp³-hybridized carbons (Fsp3) is 0.118. The molecule has 1 aromatic carbocycles. The van der Waals surface area contributed by atoms with Crippen LogP contribution in [-0.4, -0.2) is 40.6 Å². The minimum Gasteiger partial charge on any atom is -0.468 e. The number of ether oxygens (including phenoxy) is 1. The largest absolute Gasteiger partial charge is 0.468 e. The molecule has 0 radical (unpaired) electrons. The van der Waals surface area contributed by atoms with E-state index in [2.05, 4.69) is 4.74 Å². The number of methoxy groups -OCH3 is 1. The van der Waals surface area contributed by atoms with Gasteiger partial charge in [-0.3, -0.25) is 29.4 Å². The molecule has 0 atom stereocenters. The Morgan fingerprint density at radius 3 is 2.59 bits per heavy atom. The topological polar surface area (TPSA) is 120 Å². The SMILES string of the molecule is COC(=O)CN1C(=O)S/C(=C\c2ccc(-c3ccc([N+](=O)[O-])cc3)o2)C1=O. The van der Waals surface area contributed by atoms with E-state index in [1.54, 1.807) is 24.3 Å². The highest BCUT2D eigenvalue weighted by atomic mass is 32.2. The summed E-state index contributed by atoms with van der Waals surface area (Å²) in [6.45, 7) is -0.454. The number of non-ortho nitro benzene ring substituents is 1. The molecule has 2 heterocycles. The number of furan rings is 1. The maximum Gasteiger partial charge on any atom is 0.325 e. The van der Waals surface area contributed by atoms with Gasteiger partial charge in [-0.1, -0.05) is 0 Å². The molecule has 0 aliphatic carbocycles. The van der Waals surface area contributed by atoms with Crippen LogP contribution in [0.3, 0.4) is 0 Å². The zero-order valence-corrected chi connectivity index (χ0v) is 14.7. The highest BCUT2D eigenvalue weighted by molar-refractivity contribution is 8.18. The summed E-state index contributed by atoms with van der Waals surface area (Å²) >= 11 is 0.695. The Balaban J connectivity index is 1.78. The first kappa shape index (κ1) is 18.4. The molecular formula is C17H12N2O7S. The van der Waals surface area contributed by atoms with Crippen LogP contribution in [0, 0.1) is 10.1 Å². The van der Waals surface area contributed by atoms with Gasteiger partial charge in [-0.2, -0.15) is 0 Å². The van der Waals surface area contributed by atoms with Crippen molar-refractivity contribution in [2.75, 3.05) is 13.7 Å². The Kier molecular flexibility index (Phi) is 5.08. The van der Waals surface area contributed by atoms with E-state index in [4.69, 9.17) is 4.42 Å². The van der Waals surface area contributed by atoms with Gasteiger partial charge < -0.3 is 9.15 Å². The van der Waals surface area contributed by atoms with Crippen LogP contribution >= 0.6 is 11.8 Å². The van der Waals surface area contributed by atoms with Crippen LogP contribution in [-0.2, 0) is 14.3 Å². The first-order valence-electron chi connectivity index (χ1n) is 7.56. The van der Waals surface area contributed by atoms with Crippen LogP contribution in [0.2, 0.25) is 0 Å². The van der Waals surface area contributed by atoms with Crippen molar-refractivity contribution in [3.05, 3.63) is 57.2 Å². The van der Waals surface area contributed by atoms with E-state index in [1.807, 2.05) is 0 Å². The Hall–Kier alpha value is -3.40. The molecule has 1 aliphatic rings. The summed E-state index contributed by atoms with van der Waals surface area (Å²) in [6.07, 6.45) is 1.40. The first-order chi connectivity index (χ1) is 12.9. The Labute approximate surface area is 156 Å². The third kappa shape index (κ3) is 3.90. The lowest BCUT2D eigenvalue weighted by molar-refractivity contribution is -0.384. The molecule has 138 valence electrons. The molecule has 0 N–H and O–H groups in total. The number of hydrogen-bond acceptors (Lipinski definition) is 8. The molecule has 3 rings (SSSR count). The second kappa shape index (κ2) is 7.46. The second-order valence-electron chi connectivity index (χ2n) is 5.35. The molecule has 1 aromatic heterocycles. The van der Waals surface area contributed by atoms with E-state index in [-0.39, 0.29) is 10.6 Å². The quantitative estimate of drug-likeness (QED) is 0.332. The van der Waals surface area contributed by atoms with Crippen LogP contribution in [0.25, 0.3) is 17.4 Å². The number of thioether (sulfide) groups is 1. The lowest BCUT2D eigenvalue weighted by Gasteiger charge is -2.09. The number of carbonyl (C=O) groups excluding carboxylic acids is 3. The van der Waals surface area contributed by atoms with Crippen molar-refractivity contribution in [2.45, 2.75) is 0 Å². The number of rotatable bonds is 5. The van der Waals surface area contributed by atoms with E-state index >= 15 is 0 Å². The smallest absolute Gasteiger partial charge is 0.325 e. The van der Waals surface area contributed by atoms with Gasteiger partial charge in [-0.25, -0.2) is 0 Å². The van der Waals surface area contributed by atoms with Crippen LogP contribution in [0.5, 0.6) is 0 Å². The van der Waals surface area contributed by atoms with Gasteiger partial charge in [0.05, 0.1) is 16.9 Å². The summed E-state index contributed by atoms with van der Waals surface area (Å²) in [5.74, 6) is -0.530. The lowest BCUT2D eigenvalue weighted by atomic mass is 10.1. The molecule has 1 aliphatic heterocycles. The van der Waals surface area contributed by atoms with Gasteiger partial charge >= 0.3 is 5.97 Å². The van der Waals surface area contributed by atoms with Gasteiger partial charge in [-0.15, -0.1) is 0 Å². The van der Waals surface area contributed by atoms with E-state index in [0.29, 0.717) is 28.8 Å². The molecule has 0 saturated carbocycles. The number of imide groups is 1. The predicted molar refractivity (Wildman–Crippen MR) is 95.5 cm³/mol. The third-order valence-electron chi connectivity index (χ3n) is 3.65. The highest BCUT2D eigenvalue weighted by Gasteiger charge is 2.36. The summed E-state index contributed by atoms with van der Waals surface area (Å²) in [4.78, 5) is 46.5. The maximum absolute atomic E-state index is 12.3. The van der Waals surface area contributed by atoms with Crippen molar-refractivity contribution in [1.29, 1.82) is 0 Å². The minimum atomic E-state index is -0.697. The highest BCUT2D eigenvalue weighted by Crippen LogP contribution is 2.33. The van der Waals surface area contributed by atoms with Gasteiger partial charge in [-0.05, 0) is 36.0 Å². The molecule has 1 saturated heterocycles.